The molecule has 96 valence electrons. The van der Waals surface area contributed by atoms with Crippen LogP contribution in [-0.4, -0.2) is 12.3 Å². The predicted octanol–water partition coefficient (Wildman–Crippen LogP) is 4.97. The van der Waals surface area contributed by atoms with Crippen molar-refractivity contribution in [2.45, 2.75) is 24.6 Å². The van der Waals surface area contributed by atoms with Gasteiger partial charge in [0.1, 0.15) is 11.2 Å². The summed E-state index contributed by atoms with van der Waals surface area (Å²) in [5.41, 5.74) is -0.419. The monoisotopic (exact) mass is 292 g/mol. The van der Waals surface area contributed by atoms with Gasteiger partial charge in [-0.25, -0.2) is 13.2 Å². The summed E-state index contributed by atoms with van der Waals surface area (Å²) in [4.78, 5) is 0. The zero-order chi connectivity index (χ0) is 13.4. The summed E-state index contributed by atoms with van der Waals surface area (Å²) >= 11 is 10.8. The number of aryl methyl sites for hydroxylation is 1. The molecule has 0 amide bonds. The number of hydrogen-bond acceptors (Lipinski definition) is 0. The summed E-state index contributed by atoms with van der Waals surface area (Å²) in [5.74, 6) is -5.15. The predicted molar refractivity (Wildman–Crippen MR) is 55.7 cm³/mol. The molecule has 1 aromatic carbocycles. The van der Waals surface area contributed by atoms with Gasteiger partial charge in [-0.15, -0.1) is 11.6 Å². The van der Waals surface area contributed by atoms with Crippen LogP contribution in [0, 0.1) is 12.7 Å². The highest BCUT2D eigenvalue weighted by atomic mass is 35.5. The Morgan fingerprint density at radius 2 is 1.76 bits per heavy atom. The van der Waals surface area contributed by atoms with Gasteiger partial charge in [-0.2, -0.15) is 8.78 Å². The molecule has 0 bridgehead atoms. The Morgan fingerprint density at radius 3 is 2.24 bits per heavy atom. The first-order chi connectivity index (χ1) is 7.67. The summed E-state index contributed by atoms with van der Waals surface area (Å²) < 4.78 is 63.2. The normalized spacial score (nSPS) is 14.2. The first kappa shape index (κ1) is 14.5. The number of alkyl halides is 5. The van der Waals surface area contributed by atoms with Crippen LogP contribution in [0.15, 0.2) is 12.1 Å². The Hall–Kier alpha value is -0.550. The molecule has 0 radical (unpaired) electrons. The molecule has 0 N–H and O–H groups in total. The van der Waals surface area contributed by atoms with E-state index in [2.05, 4.69) is 0 Å². The van der Waals surface area contributed by atoms with E-state index in [-0.39, 0.29) is 5.56 Å². The minimum Gasteiger partial charge on any atom is -0.207 e. The number of benzene rings is 1. The average molecular weight is 293 g/mol. The molecular weight excluding hydrogens is 286 g/mol. The van der Waals surface area contributed by atoms with Gasteiger partial charge in [-0.3, -0.25) is 0 Å². The highest BCUT2D eigenvalue weighted by Crippen LogP contribution is 2.43. The van der Waals surface area contributed by atoms with Gasteiger partial charge in [-0.05, 0) is 30.2 Å². The molecule has 1 atom stereocenters. The van der Waals surface area contributed by atoms with Crippen molar-refractivity contribution in [3.05, 3.63) is 34.1 Å². The molecule has 0 saturated heterocycles. The second kappa shape index (κ2) is 4.98. The van der Waals surface area contributed by atoms with Gasteiger partial charge in [0, 0.05) is 5.02 Å². The Labute approximate surface area is 104 Å². The lowest BCUT2D eigenvalue weighted by atomic mass is 10.0. The Morgan fingerprint density at radius 1 is 1.24 bits per heavy atom. The molecule has 1 aromatic rings. The van der Waals surface area contributed by atoms with E-state index < -0.39 is 34.1 Å². The molecule has 0 nitrogen and oxygen atoms in total. The number of halogens is 7. The van der Waals surface area contributed by atoms with E-state index >= 15 is 0 Å². The van der Waals surface area contributed by atoms with E-state index in [4.69, 9.17) is 23.2 Å². The van der Waals surface area contributed by atoms with E-state index in [9.17, 15) is 22.0 Å². The maximum atomic E-state index is 13.0. The standard InChI is InChI=1S/C10H7Cl2F5/c1-4-2-5(6(11)3-7(4)13)8(12)10(16,17)9(14)15/h2-3,8-9H,1H3. The van der Waals surface area contributed by atoms with Crippen LogP contribution in [0.2, 0.25) is 5.02 Å². The van der Waals surface area contributed by atoms with E-state index in [0.29, 0.717) is 0 Å². The zero-order valence-corrected chi connectivity index (χ0v) is 9.97. The minimum absolute atomic E-state index is 0.000108. The molecule has 0 saturated carbocycles. The van der Waals surface area contributed by atoms with Crippen LogP contribution in [0.5, 0.6) is 0 Å². The molecule has 0 aliphatic carbocycles. The maximum absolute atomic E-state index is 13.0. The molecule has 0 aromatic heterocycles. The van der Waals surface area contributed by atoms with Gasteiger partial charge in [0.25, 0.3) is 0 Å². The fourth-order valence-electron chi connectivity index (χ4n) is 1.19. The molecule has 17 heavy (non-hydrogen) atoms. The van der Waals surface area contributed by atoms with Gasteiger partial charge in [0.15, 0.2) is 0 Å². The van der Waals surface area contributed by atoms with Crippen molar-refractivity contribution in [2.75, 3.05) is 0 Å². The fourth-order valence-corrected chi connectivity index (χ4v) is 1.78. The van der Waals surface area contributed by atoms with Crippen molar-refractivity contribution in [3.63, 3.8) is 0 Å². The summed E-state index contributed by atoms with van der Waals surface area (Å²) in [6, 6.07) is 1.70. The number of rotatable bonds is 3. The highest BCUT2D eigenvalue weighted by molar-refractivity contribution is 6.33. The van der Waals surface area contributed by atoms with Gasteiger partial charge in [-0.1, -0.05) is 11.6 Å². The van der Waals surface area contributed by atoms with Crippen LogP contribution < -0.4 is 0 Å². The van der Waals surface area contributed by atoms with Crippen molar-refractivity contribution >= 4 is 23.2 Å². The first-order valence-electron chi connectivity index (χ1n) is 4.43. The molecule has 0 aliphatic heterocycles. The van der Waals surface area contributed by atoms with E-state index in [1.165, 1.54) is 6.92 Å². The largest absolute Gasteiger partial charge is 0.327 e. The van der Waals surface area contributed by atoms with Crippen LogP contribution in [-0.2, 0) is 0 Å². The van der Waals surface area contributed by atoms with Gasteiger partial charge >= 0.3 is 12.3 Å². The fraction of sp³-hybridized carbons (Fsp3) is 0.400. The van der Waals surface area contributed by atoms with Gasteiger partial charge in [0.05, 0.1) is 0 Å². The Balaban J connectivity index is 3.21. The van der Waals surface area contributed by atoms with Crippen molar-refractivity contribution in [1.82, 2.24) is 0 Å². The zero-order valence-electron chi connectivity index (χ0n) is 8.46. The van der Waals surface area contributed by atoms with Crippen LogP contribution in [0.3, 0.4) is 0 Å². The lowest BCUT2D eigenvalue weighted by molar-refractivity contribution is -0.130. The Kier molecular flexibility index (Phi) is 4.25. The second-order valence-electron chi connectivity index (χ2n) is 3.46. The van der Waals surface area contributed by atoms with Gasteiger partial charge < -0.3 is 0 Å². The highest BCUT2D eigenvalue weighted by Gasteiger charge is 2.49. The smallest absolute Gasteiger partial charge is 0.207 e. The van der Waals surface area contributed by atoms with E-state index in [1.807, 2.05) is 0 Å². The van der Waals surface area contributed by atoms with Crippen LogP contribution >= 0.6 is 23.2 Å². The van der Waals surface area contributed by atoms with Crippen molar-refractivity contribution in [1.29, 1.82) is 0 Å². The molecule has 0 heterocycles. The second-order valence-corrected chi connectivity index (χ2v) is 4.30. The maximum Gasteiger partial charge on any atom is 0.327 e. The van der Waals surface area contributed by atoms with E-state index in [1.54, 1.807) is 0 Å². The molecule has 0 spiro atoms. The molecule has 0 aliphatic rings. The molecule has 0 fully saturated rings. The lowest BCUT2D eigenvalue weighted by Crippen LogP contribution is -2.31. The van der Waals surface area contributed by atoms with Crippen LogP contribution in [0.25, 0.3) is 0 Å². The molecule has 1 unspecified atom stereocenters. The molecule has 7 heteroatoms. The van der Waals surface area contributed by atoms with Crippen LogP contribution in [0.4, 0.5) is 22.0 Å². The van der Waals surface area contributed by atoms with Gasteiger partial charge in [0.2, 0.25) is 0 Å². The SMILES string of the molecule is Cc1cc(C(Cl)C(F)(F)C(F)F)c(Cl)cc1F. The first-order valence-corrected chi connectivity index (χ1v) is 5.25. The summed E-state index contributed by atoms with van der Waals surface area (Å²) in [6.07, 6.45) is -3.92. The summed E-state index contributed by atoms with van der Waals surface area (Å²) in [7, 11) is 0. The minimum atomic E-state index is -4.44. The quantitative estimate of drug-likeness (QED) is 0.545. The third-order valence-corrected chi connectivity index (χ3v) is 3.03. The lowest BCUT2D eigenvalue weighted by Gasteiger charge is -2.22. The summed E-state index contributed by atoms with van der Waals surface area (Å²) in [5, 5.41) is -2.72. The molecular formula is C10H7Cl2F5. The number of hydrogen-bond donors (Lipinski definition) is 0. The van der Waals surface area contributed by atoms with Crippen molar-refractivity contribution < 1.29 is 22.0 Å². The van der Waals surface area contributed by atoms with Crippen molar-refractivity contribution in [2.24, 2.45) is 0 Å². The van der Waals surface area contributed by atoms with E-state index in [0.717, 1.165) is 12.1 Å². The summed E-state index contributed by atoms with van der Waals surface area (Å²) in [6.45, 7) is 1.29. The van der Waals surface area contributed by atoms with Crippen molar-refractivity contribution in [3.8, 4) is 0 Å². The topological polar surface area (TPSA) is 0 Å². The van der Waals surface area contributed by atoms with Crippen LogP contribution in [0.1, 0.15) is 16.5 Å². The third kappa shape index (κ3) is 2.83. The molecule has 1 rings (SSSR count). The third-order valence-electron chi connectivity index (χ3n) is 2.18. The average Bonchev–Trinajstić information content (AvgIpc) is 2.22. The Bertz CT molecular complexity index is 419.